The summed E-state index contributed by atoms with van der Waals surface area (Å²) in [6.07, 6.45) is -21.3. The Balaban J connectivity index is 1.79. The van der Waals surface area contributed by atoms with E-state index in [-0.39, 0.29) is 30.2 Å². The molecule has 0 radical (unpaired) electrons. The number of rotatable bonds is 4. The van der Waals surface area contributed by atoms with E-state index in [0.717, 1.165) is 17.0 Å². The van der Waals surface area contributed by atoms with Crippen molar-refractivity contribution in [3.05, 3.63) is 70.5 Å². The maximum absolute atomic E-state index is 14.1. The first-order valence-electron chi connectivity index (χ1n) is 11.1. The molecule has 4 rings (SSSR count). The number of amides is 1. The van der Waals surface area contributed by atoms with Crippen molar-refractivity contribution in [2.24, 2.45) is 0 Å². The smallest absolute Gasteiger partial charge is 0.380 e. The van der Waals surface area contributed by atoms with E-state index in [1.165, 1.54) is 19.1 Å². The summed E-state index contributed by atoms with van der Waals surface area (Å²) >= 11 is 0. The summed E-state index contributed by atoms with van der Waals surface area (Å²) in [7, 11) is 0. The van der Waals surface area contributed by atoms with Gasteiger partial charge in [0.2, 0.25) is 0 Å². The van der Waals surface area contributed by atoms with Gasteiger partial charge in [-0.2, -0.15) is 39.5 Å². The third kappa shape index (κ3) is 5.33. The summed E-state index contributed by atoms with van der Waals surface area (Å²) < 4.78 is 141. The SMILES string of the molecule is CC1(O)C[C@H]2[C@H](c3ccc(F)cc3)[C@@H](O[C@@H](c3cc(C(F)(F)F)cc(C(F)(F)F)c3)C(F)(F)F)CN2C1=O. The Labute approximate surface area is 208 Å². The lowest BCUT2D eigenvalue weighted by molar-refractivity contribution is -0.237. The Kier molecular flexibility index (Phi) is 6.75. The molecule has 208 valence electrons. The fraction of sp³-hybridized carbons (Fsp3) is 0.458. The quantitative estimate of drug-likeness (QED) is 0.468. The minimum absolute atomic E-state index is 0.0632. The zero-order valence-corrected chi connectivity index (χ0v) is 19.3. The first kappa shape index (κ1) is 28.1. The number of carbonyl (C=O) groups is 1. The van der Waals surface area contributed by atoms with Crippen molar-refractivity contribution in [1.82, 2.24) is 4.90 Å². The van der Waals surface area contributed by atoms with Crippen LogP contribution < -0.4 is 0 Å². The average molecular weight is 559 g/mol. The van der Waals surface area contributed by atoms with Crippen LogP contribution in [-0.2, 0) is 21.9 Å². The normalized spacial score (nSPS) is 27.1. The van der Waals surface area contributed by atoms with Gasteiger partial charge in [0.25, 0.3) is 5.91 Å². The topological polar surface area (TPSA) is 49.8 Å². The number of carbonyl (C=O) groups excluding carboxylic acids is 1. The molecule has 4 nitrogen and oxygen atoms in total. The summed E-state index contributed by atoms with van der Waals surface area (Å²) in [5.41, 5.74) is -6.99. The number of fused-ring (bicyclic) bond motifs is 1. The summed E-state index contributed by atoms with van der Waals surface area (Å²) in [6, 6.07) is 3.07. The van der Waals surface area contributed by atoms with Gasteiger partial charge in [-0.05, 0) is 48.4 Å². The third-order valence-electron chi connectivity index (χ3n) is 6.70. The van der Waals surface area contributed by atoms with Gasteiger partial charge in [-0.1, -0.05) is 12.1 Å². The van der Waals surface area contributed by atoms with E-state index in [9.17, 15) is 53.8 Å². The van der Waals surface area contributed by atoms with Crippen LogP contribution in [0.3, 0.4) is 0 Å². The van der Waals surface area contributed by atoms with Crippen LogP contribution >= 0.6 is 0 Å². The number of benzene rings is 2. The lowest BCUT2D eigenvalue weighted by atomic mass is 9.85. The van der Waals surface area contributed by atoms with Gasteiger partial charge in [0.1, 0.15) is 11.4 Å². The second-order valence-corrected chi connectivity index (χ2v) is 9.52. The van der Waals surface area contributed by atoms with Gasteiger partial charge in [0, 0.05) is 24.9 Å². The lowest BCUT2D eigenvalue weighted by Crippen LogP contribution is -2.40. The number of nitrogens with zero attached hydrogens (tertiary/aromatic N) is 1. The largest absolute Gasteiger partial charge is 0.418 e. The van der Waals surface area contributed by atoms with E-state index in [1.807, 2.05) is 0 Å². The summed E-state index contributed by atoms with van der Waals surface area (Å²) in [5, 5.41) is 10.4. The van der Waals surface area contributed by atoms with Crippen molar-refractivity contribution < 1.29 is 58.5 Å². The average Bonchev–Trinajstić information content (AvgIpc) is 3.22. The predicted octanol–water partition coefficient (Wildman–Crippen LogP) is 6.00. The maximum atomic E-state index is 14.1. The highest BCUT2D eigenvalue weighted by molar-refractivity contribution is 5.88. The van der Waals surface area contributed by atoms with Gasteiger partial charge in [-0.25, -0.2) is 4.39 Å². The number of hydrogen-bond acceptors (Lipinski definition) is 3. The first-order valence-corrected chi connectivity index (χ1v) is 11.1. The molecular weight excluding hydrogens is 540 g/mol. The molecule has 2 saturated heterocycles. The highest BCUT2D eigenvalue weighted by Gasteiger charge is 2.58. The van der Waals surface area contributed by atoms with Gasteiger partial charge in [0.05, 0.1) is 17.2 Å². The second kappa shape index (κ2) is 9.11. The Morgan fingerprint density at radius 1 is 0.947 bits per heavy atom. The Morgan fingerprint density at radius 3 is 1.95 bits per heavy atom. The van der Waals surface area contributed by atoms with E-state index >= 15 is 0 Å². The van der Waals surface area contributed by atoms with Crippen molar-refractivity contribution in [3.8, 4) is 0 Å². The molecule has 0 aliphatic carbocycles. The van der Waals surface area contributed by atoms with Gasteiger partial charge >= 0.3 is 18.5 Å². The Morgan fingerprint density at radius 2 is 1.47 bits per heavy atom. The van der Waals surface area contributed by atoms with Crippen molar-refractivity contribution in [2.75, 3.05) is 6.54 Å². The molecule has 0 bridgehead atoms. The molecule has 2 aliphatic heterocycles. The van der Waals surface area contributed by atoms with Crippen molar-refractivity contribution in [2.45, 2.75) is 61.6 Å². The lowest BCUT2D eigenvalue weighted by Gasteiger charge is -2.30. The standard InChI is InChI=1S/C24H19F10NO3/c1-21(37)9-16-18(11-2-4-15(25)5-3-11)17(10-35(16)20(21)36)38-19(24(32,33)34)12-6-13(22(26,27)28)8-14(7-12)23(29,30)31/h2-8,16-19,37H,9-10H2,1H3/t16-,17-,18-,19-,21?/m0/s1. The summed E-state index contributed by atoms with van der Waals surface area (Å²) in [5.74, 6) is -2.62. The number of ether oxygens (including phenoxy) is 1. The number of halogens is 10. The molecule has 1 unspecified atom stereocenters. The number of aliphatic hydroxyl groups is 1. The van der Waals surface area contributed by atoms with Crippen LogP contribution in [0.15, 0.2) is 42.5 Å². The molecule has 5 atom stereocenters. The van der Waals surface area contributed by atoms with Gasteiger partial charge in [-0.15, -0.1) is 0 Å². The minimum atomic E-state index is -5.46. The van der Waals surface area contributed by atoms with Crippen LogP contribution in [0.1, 0.15) is 47.6 Å². The summed E-state index contributed by atoms with van der Waals surface area (Å²) in [6.45, 7) is 0.657. The molecule has 14 heteroatoms. The molecule has 0 aromatic heterocycles. The van der Waals surface area contributed by atoms with Gasteiger partial charge in [-0.3, -0.25) is 4.79 Å². The van der Waals surface area contributed by atoms with Crippen LogP contribution in [-0.4, -0.2) is 46.4 Å². The van der Waals surface area contributed by atoms with E-state index in [4.69, 9.17) is 4.74 Å². The highest BCUT2D eigenvalue weighted by Crippen LogP contribution is 2.49. The molecule has 1 amide bonds. The molecule has 38 heavy (non-hydrogen) atoms. The summed E-state index contributed by atoms with van der Waals surface area (Å²) in [4.78, 5) is 13.7. The van der Waals surface area contributed by atoms with Crippen LogP contribution in [0.25, 0.3) is 0 Å². The fourth-order valence-electron chi connectivity index (χ4n) is 5.06. The molecule has 2 fully saturated rings. The second-order valence-electron chi connectivity index (χ2n) is 9.52. The number of hydrogen-bond donors (Lipinski definition) is 1. The van der Waals surface area contributed by atoms with Crippen molar-refractivity contribution >= 4 is 5.91 Å². The fourth-order valence-corrected chi connectivity index (χ4v) is 5.06. The van der Waals surface area contributed by atoms with Crippen LogP contribution in [0.4, 0.5) is 43.9 Å². The van der Waals surface area contributed by atoms with Gasteiger partial charge in [0.15, 0.2) is 6.10 Å². The monoisotopic (exact) mass is 559 g/mol. The molecule has 2 aromatic carbocycles. The Bertz CT molecular complexity index is 1170. The molecular formula is C24H19F10NO3. The predicted molar refractivity (Wildman–Crippen MR) is 110 cm³/mol. The van der Waals surface area contributed by atoms with E-state index < -0.39 is 83.3 Å². The van der Waals surface area contributed by atoms with Crippen LogP contribution in [0.5, 0.6) is 0 Å². The van der Waals surface area contributed by atoms with E-state index in [1.54, 1.807) is 0 Å². The highest BCUT2D eigenvalue weighted by atomic mass is 19.4. The first-order chi connectivity index (χ1) is 17.3. The van der Waals surface area contributed by atoms with Gasteiger partial charge < -0.3 is 14.7 Å². The third-order valence-corrected chi connectivity index (χ3v) is 6.70. The van der Waals surface area contributed by atoms with E-state index in [2.05, 4.69) is 0 Å². The maximum Gasteiger partial charge on any atom is 0.418 e. The minimum Gasteiger partial charge on any atom is -0.380 e. The molecule has 2 heterocycles. The van der Waals surface area contributed by atoms with Crippen LogP contribution in [0.2, 0.25) is 0 Å². The van der Waals surface area contributed by atoms with Crippen molar-refractivity contribution in [3.63, 3.8) is 0 Å². The van der Waals surface area contributed by atoms with E-state index in [0.29, 0.717) is 0 Å². The molecule has 1 N–H and O–H groups in total. The molecule has 2 aromatic rings. The Hall–Kier alpha value is -2.87. The number of alkyl halides is 9. The van der Waals surface area contributed by atoms with Crippen molar-refractivity contribution in [1.29, 1.82) is 0 Å². The molecule has 2 aliphatic rings. The zero-order chi connectivity index (χ0) is 28.4. The molecule has 0 spiro atoms. The zero-order valence-electron chi connectivity index (χ0n) is 19.3. The van der Waals surface area contributed by atoms with Crippen LogP contribution in [0, 0.1) is 5.82 Å². The molecule has 0 saturated carbocycles.